The van der Waals surface area contributed by atoms with Gasteiger partial charge in [-0.2, -0.15) is 0 Å². The van der Waals surface area contributed by atoms with Crippen molar-refractivity contribution in [2.24, 2.45) is 0 Å². The lowest BCUT2D eigenvalue weighted by Gasteiger charge is -2.15. The number of halogens is 2. The van der Waals surface area contributed by atoms with E-state index in [0.717, 1.165) is 16.9 Å². The van der Waals surface area contributed by atoms with Crippen molar-refractivity contribution in [3.8, 4) is 5.75 Å². The Kier molecular flexibility index (Phi) is 13.0. The molecule has 0 radical (unpaired) electrons. The van der Waals surface area contributed by atoms with E-state index in [1.807, 2.05) is 12.2 Å². The molecule has 2 fully saturated rings. The minimum absolute atomic E-state index is 0.101. The molecule has 296 valence electrons. The maximum atomic E-state index is 15.8. The number of aromatic hydroxyl groups is 1. The van der Waals surface area contributed by atoms with Gasteiger partial charge < -0.3 is 35.4 Å². The third-order valence-electron chi connectivity index (χ3n) is 8.79. The molecule has 2 saturated heterocycles. The Morgan fingerprint density at radius 1 is 0.804 bits per heavy atom. The van der Waals surface area contributed by atoms with Gasteiger partial charge in [0.15, 0.2) is 82.4 Å². The van der Waals surface area contributed by atoms with Crippen molar-refractivity contribution >= 4 is 72.1 Å². The zero-order valence-electron chi connectivity index (χ0n) is 28.8. The number of nitrogens with zero attached hydrogens (tertiary/aromatic N) is 8. The fourth-order valence-electron chi connectivity index (χ4n) is 6.15. The molecule has 25 heteroatoms. The molecule has 0 amide bonds. The summed E-state index contributed by atoms with van der Waals surface area (Å²) in [5.41, 5.74) is 1.97. The summed E-state index contributed by atoms with van der Waals surface area (Å²) in [6, 6.07) is 6.36. The van der Waals surface area contributed by atoms with Crippen molar-refractivity contribution in [3.63, 3.8) is 0 Å². The summed E-state index contributed by atoms with van der Waals surface area (Å²) in [6.45, 7) is -0.521. The third kappa shape index (κ3) is 8.61. The van der Waals surface area contributed by atoms with Gasteiger partial charge in [0.1, 0.15) is 42.9 Å². The Morgan fingerprint density at radius 2 is 1.30 bits per heavy atom. The normalized spacial score (nSPS) is 25.7. The number of thiol groups is 1. The highest BCUT2D eigenvalue weighted by Crippen LogP contribution is 2.47. The van der Waals surface area contributed by atoms with Crippen LogP contribution in [0.15, 0.2) is 61.7 Å². The number of imidazole rings is 2. The van der Waals surface area contributed by atoms with Crippen LogP contribution in [0.5, 0.6) is 5.75 Å². The topological polar surface area (TPSA) is 243 Å². The van der Waals surface area contributed by atoms with Crippen molar-refractivity contribution < 1.29 is 51.8 Å². The molecule has 0 bridgehead atoms. The molecule has 4 aromatic heterocycles. The lowest BCUT2D eigenvalue weighted by atomic mass is 10.1. The van der Waals surface area contributed by atoms with E-state index in [-0.39, 0.29) is 17.0 Å². The second-order valence-corrected chi connectivity index (χ2v) is 16.8. The number of aliphatic hydroxyl groups excluding tert-OH is 2. The maximum Gasteiger partial charge on any atom is 0.586 e. The monoisotopic (exact) mass is 854 g/mol. The highest BCUT2D eigenvalue weighted by molar-refractivity contribution is 8.49. The Balaban J connectivity index is 0.940. The van der Waals surface area contributed by atoms with E-state index in [2.05, 4.69) is 52.8 Å². The summed E-state index contributed by atoms with van der Waals surface area (Å²) in [7, 11) is -4.83. The van der Waals surface area contributed by atoms with Crippen LogP contribution in [0.4, 0.5) is 20.4 Å². The van der Waals surface area contributed by atoms with Crippen molar-refractivity contribution in [1.29, 1.82) is 0 Å². The molecule has 7 rings (SSSR count). The van der Waals surface area contributed by atoms with E-state index < -0.39 is 76.9 Å². The summed E-state index contributed by atoms with van der Waals surface area (Å²) in [5.74, 6) is 1.12. The number of phenolic OH excluding ortho intramolecular Hbond substituents is 1. The molecule has 1 aromatic carbocycles. The zero-order chi connectivity index (χ0) is 39.3. The minimum atomic E-state index is -2.44. The number of ether oxygens (including phenoxy) is 2. The van der Waals surface area contributed by atoms with Gasteiger partial charge in [0, 0.05) is 13.1 Å². The van der Waals surface area contributed by atoms with Crippen molar-refractivity contribution in [1.82, 2.24) is 39.0 Å². The fraction of sp³-hybridized carbons (Fsp3) is 0.419. The summed E-state index contributed by atoms with van der Waals surface area (Å²) in [5, 5.41) is 35.3. The average molecular weight is 855 g/mol. The Hall–Kier alpha value is -4.02. The second-order valence-electron chi connectivity index (χ2n) is 12.3. The highest BCUT2D eigenvalue weighted by atomic mass is 32.7. The van der Waals surface area contributed by atoms with Crippen LogP contribution in [-0.4, -0.2) is 117 Å². The molecule has 5 N–H and O–H groups in total. The Bertz CT molecular complexity index is 2210. The minimum Gasteiger partial charge on any atom is -0.508 e. The SMILES string of the molecule is O=[P+](S)O[C@H]1[C@@H](F)[C@H](n2cnc3c(NC/C=C/CNc4ncnc5c4ncn5[C@@H]4O[C@H](CO)[C@@H](O[P+](=O)SCc5ccc(O)cc5)[C@H]4F)ncnc32)O[C@@H]1CO. The van der Waals surface area contributed by atoms with Gasteiger partial charge in [0.25, 0.3) is 0 Å². The smallest absolute Gasteiger partial charge is 0.508 e. The molecule has 0 saturated carbocycles. The highest BCUT2D eigenvalue weighted by Gasteiger charge is 2.52. The van der Waals surface area contributed by atoms with E-state index in [0.29, 0.717) is 41.5 Å². The predicted molar refractivity (Wildman–Crippen MR) is 202 cm³/mol. The third-order valence-corrected chi connectivity index (χ3v) is 11.9. The first-order valence-electron chi connectivity index (χ1n) is 16.8. The van der Waals surface area contributed by atoms with Crippen LogP contribution in [-0.2, 0) is 33.4 Å². The number of alkyl halides is 2. The molecular formula is C31H34F2N10O9P2S2+2. The Morgan fingerprint density at radius 3 is 1.79 bits per heavy atom. The van der Waals surface area contributed by atoms with Crippen LogP contribution < -0.4 is 10.6 Å². The van der Waals surface area contributed by atoms with Crippen LogP contribution in [0.25, 0.3) is 22.3 Å². The first-order valence-corrected chi connectivity index (χ1v) is 21.9. The predicted octanol–water partition coefficient (Wildman–Crippen LogP) is 4.16. The number of nitrogens with one attached hydrogen (secondary N) is 2. The van der Waals surface area contributed by atoms with Gasteiger partial charge in [-0.15, -0.1) is 9.05 Å². The van der Waals surface area contributed by atoms with Gasteiger partial charge >= 0.3 is 14.5 Å². The summed E-state index contributed by atoms with van der Waals surface area (Å²) in [4.78, 5) is 25.7. The quantitative estimate of drug-likeness (QED) is 0.0437. The molecule has 2 aliphatic rings. The van der Waals surface area contributed by atoms with Crippen LogP contribution in [0.2, 0.25) is 0 Å². The van der Waals surface area contributed by atoms with E-state index >= 15 is 8.78 Å². The first-order chi connectivity index (χ1) is 27.2. The number of aromatic nitrogens is 8. The number of anilines is 2. The number of benzene rings is 1. The number of fused-ring (bicyclic) bond motifs is 2. The van der Waals surface area contributed by atoms with Crippen LogP contribution >= 0.6 is 38.1 Å². The number of aliphatic hydroxyl groups is 2. The lowest BCUT2D eigenvalue weighted by molar-refractivity contribution is -0.0427. The molecular weight excluding hydrogens is 820 g/mol. The van der Waals surface area contributed by atoms with E-state index in [4.69, 9.17) is 18.5 Å². The van der Waals surface area contributed by atoms with E-state index in [9.17, 15) is 24.4 Å². The zero-order valence-corrected chi connectivity index (χ0v) is 32.3. The van der Waals surface area contributed by atoms with Gasteiger partial charge in [-0.3, -0.25) is 9.13 Å². The second kappa shape index (κ2) is 18.1. The van der Waals surface area contributed by atoms with Gasteiger partial charge in [0.05, 0.1) is 31.6 Å². The molecule has 0 spiro atoms. The summed E-state index contributed by atoms with van der Waals surface area (Å²) < 4.78 is 80.1. The van der Waals surface area contributed by atoms with Crippen LogP contribution in [0.3, 0.4) is 0 Å². The van der Waals surface area contributed by atoms with E-state index in [1.165, 1.54) is 46.6 Å². The standard InChI is InChI=1S/C31H32F2N10O9P2S2/c32-20-24(51-53(47)55)18(9-44)49-30(20)42-14-40-22-26(36-12-38-28(22)42)34-7-1-2-8-35-27-23-29(39-13-37-27)43(15-41-23)31-21(33)25(19(10-45)50-31)52-54(48)56-11-16-3-5-17(46)6-4-16/h1-6,12-15,18-21,24-25,30-31,44-45H,7-11H2,(H2-2,34,35,36,37,38,39,46,47,55)/p+2/b2-1+/t18-,19-,20-,21-,24-,25-,30-,31-/m1/s1. The lowest BCUT2D eigenvalue weighted by Crippen LogP contribution is -2.32. The molecule has 0 aliphatic carbocycles. The first kappa shape index (κ1) is 40.2. The number of rotatable bonds is 17. The molecule has 2 aliphatic heterocycles. The summed E-state index contributed by atoms with van der Waals surface area (Å²) >= 11 is 4.64. The van der Waals surface area contributed by atoms with Crippen molar-refractivity contribution in [2.45, 2.75) is 55.0 Å². The van der Waals surface area contributed by atoms with Crippen molar-refractivity contribution in [3.05, 3.63) is 67.3 Å². The molecule has 5 aromatic rings. The molecule has 10 atom stereocenters. The molecule has 56 heavy (non-hydrogen) atoms. The van der Waals surface area contributed by atoms with Gasteiger partial charge in [0.2, 0.25) is 0 Å². The van der Waals surface area contributed by atoms with E-state index in [1.54, 1.807) is 12.1 Å². The van der Waals surface area contributed by atoms with Crippen molar-refractivity contribution in [2.75, 3.05) is 36.9 Å². The van der Waals surface area contributed by atoms with Gasteiger partial charge in [-0.05, 0) is 26.8 Å². The molecule has 19 nitrogen and oxygen atoms in total. The average Bonchev–Trinajstić information content (AvgIpc) is 3.97. The molecule has 2 unspecified atom stereocenters. The van der Waals surface area contributed by atoms with Gasteiger partial charge in [-0.25, -0.2) is 38.7 Å². The largest absolute Gasteiger partial charge is 0.586 e. The van der Waals surface area contributed by atoms with Crippen LogP contribution in [0.1, 0.15) is 18.0 Å². The Labute approximate surface area is 326 Å². The summed E-state index contributed by atoms with van der Waals surface area (Å²) in [6.07, 6.45) is -2.10. The number of hydrogen-bond donors (Lipinski definition) is 6. The number of phenols is 1. The fourth-order valence-corrected chi connectivity index (χ4v) is 9.14. The van der Waals surface area contributed by atoms with Crippen LogP contribution in [0, 0.1) is 0 Å². The van der Waals surface area contributed by atoms with Gasteiger partial charge in [-0.1, -0.05) is 24.3 Å². The maximum absolute atomic E-state index is 15.8. The molecule has 6 heterocycles. The number of hydrogen-bond acceptors (Lipinski definition) is 18.